The van der Waals surface area contributed by atoms with Crippen molar-refractivity contribution in [1.82, 2.24) is 9.80 Å². The zero-order valence-electron chi connectivity index (χ0n) is 19.1. The number of carbonyl (C=O) groups excluding carboxylic acids is 2. The summed E-state index contributed by atoms with van der Waals surface area (Å²) >= 11 is 5.06. The molecule has 0 saturated carbocycles. The SMILES string of the molecule is COC(=S)N(C)C1CN(c2ccc(N3CCN(C(=O)COCC(O)CO)CC3)c(F)c2)C(=O)O1. The van der Waals surface area contributed by atoms with Gasteiger partial charge in [-0.3, -0.25) is 14.6 Å². The Balaban J connectivity index is 1.55. The Morgan fingerprint density at radius 1 is 1.35 bits per heavy atom. The molecule has 0 aliphatic carbocycles. The first kappa shape index (κ1) is 25.9. The van der Waals surface area contributed by atoms with Crippen LogP contribution in [0.25, 0.3) is 0 Å². The van der Waals surface area contributed by atoms with Crippen molar-refractivity contribution in [3.8, 4) is 0 Å². The molecule has 2 heterocycles. The van der Waals surface area contributed by atoms with E-state index < -0.39 is 30.8 Å². The number of benzene rings is 1. The van der Waals surface area contributed by atoms with Crippen LogP contribution in [-0.2, 0) is 19.0 Å². The van der Waals surface area contributed by atoms with Gasteiger partial charge in [-0.05, 0) is 30.4 Å². The van der Waals surface area contributed by atoms with Crippen molar-refractivity contribution in [1.29, 1.82) is 0 Å². The highest BCUT2D eigenvalue weighted by Crippen LogP contribution is 2.29. The first-order chi connectivity index (χ1) is 16.2. The van der Waals surface area contributed by atoms with Crippen molar-refractivity contribution in [2.75, 3.05) is 76.5 Å². The fraction of sp³-hybridized carbons (Fsp3) is 0.571. The zero-order valence-corrected chi connectivity index (χ0v) is 19.9. The molecule has 2 aliphatic heterocycles. The van der Waals surface area contributed by atoms with Crippen LogP contribution in [0.5, 0.6) is 0 Å². The van der Waals surface area contributed by atoms with Crippen LogP contribution in [0.4, 0.5) is 20.6 Å². The minimum atomic E-state index is -1.02. The summed E-state index contributed by atoms with van der Waals surface area (Å²) in [4.78, 5) is 30.8. The van der Waals surface area contributed by atoms with Crippen molar-refractivity contribution in [3.63, 3.8) is 0 Å². The summed E-state index contributed by atoms with van der Waals surface area (Å²) in [6.07, 6.45) is -2.28. The van der Waals surface area contributed by atoms with Gasteiger partial charge in [0.05, 0.1) is 38.2 Å². The molecule has 3 rings (SSSR count). The second-order valence-electron chi connectivity index (χ2n) is 7.89. The van der Waals surface area contributed by atoms with E-state index in [0.29, 0.717) is 37.6 Å². The average Bonchev–Trinajstić information content (AvgIpc) is 3.24. The van der Waals surface area contributed by atoms with E-state index in [9.17, 15) is 19.1 Å². The van der Waals surface area contributed by atoms with Gasteiger partial charge in [0.2, 0.25) is 5.91 Å². The number of carbonyl (C=O) groups is 2. The van der Waals surface area contributed by atoms with Gasteiger partial charge in [-0.2, -0.15) is 0 Å². The molecule has 2 saturated heterocycles. The van der Waals surface area contributed by atoms with Crippen molar-refractivity contribution < 1.29 is 38.4 Å². The van der Waals surface area contributed by atoms with Crippen LogP contribution >= 0.6 is 12.2 Å². The number of hydrogen-bond acceptors (Lipinski definition) is 9. The van der Waals surface area contributed by atoms with E-state index in [4.69, 9.17) is 31.5 Å². The number of rotatable bonds is 8. The van der Waals surface area contributed by atoms with Crippen LogP contribution in [0.3, 0.4) is 0 Å². The number of thiocarbonyl (C=S) groups is 1. The summed E-state index contributed by atoms with van der Waals surface area (Å²) < 4.78 is 30.4. The molecule has 0 aromatic heterocycles. The normalized spacial score (nSPS) is 19.1. The van der Waals surface area contributed by atoms with Crippen molar-refractivity contribution in [2.24, 2.45) is 0 Å². The van der Waals surface area contributed by atoms with E-state index in [1.54, 1.807) is 24.1 Å². The van der Waals surface area contributed by atoms with Crippen LogP contribution < -0.4 is 9.80 Å². The summed E-state index contributed by atoms with van der Waals surface area (Å²) in [6, 6.07) is 4.53. The molecule has 1 aromatic carbocycles. The van der Waals surface area contributed by atoms with Crippen molar-refractivity contribution in [2.45, 2.75) is 12.3 Å². The van der Waals surface area contributed by atoms with Crippen LogP contribution in [0.1, 0.15) is 0 Å². The third kappa shape index (κ3) is 6.03. The second kappa shape index (κ2) is 11.6. The van der Waals surface area contributed by atoms with Gasteiger partial charge in [-0.1, -0.05) is 0 Å². The maximum absolute atomic E-state index is 15.0. The number of ether oxygens (including phenoxy) is 3. The molecule has 188 valence electrons. The lowest BCUT2D eigenvalue weighted by molar-refractivity contribution is -0.137. The molecule has 2 atom stereocenters. The number of cyclic esters (lactones) is 1. The number of likely N-dealkylation sites (N-methyl/N-ethyl adjacent to an activating group) is 1. The first-order valence-electron chi connectivity index (χ1n) is 10.7. The molecule has 2 amide bonds. The molecule has 13 heteroatoms. The Labute approximate surface area is 202 Å². The van der Waals surface area contributed by atoms with Gasteiger partial charge in [0.1, 0.15) is 18.5 Å². The third-order valence-electron chi connectivity index (χ3n) is 5.65. The number of hydrogen-bond donors (Lipinski definition) is 2. The Hall–Kier alpha value is -2.74. The van der Waals surface area contributed by atoms with Gasteiger partial charge in [0.15, 0.2) is 6.23 Å². The highest BCUT2D eigenvalue weighted by atomic mass is 32.1. The summed E-state index contributed by atoms with van der Waals surface area (Å²) in [5.74, 6) is -0.726. The van der Waals surface area contributed by atoms with E-state index in [1.165, 1.54) is 23.0 Å². The van der Waals surface area contributed by atoms with E-state index in [1.807, 2.05) is 4.90 Å². The van der Waals surface area contributed by atoms with E-state index in [2.05, 4.69) is 0 Å². The number of nitrogens with zero attached hydrogens (tertiary/aromatic N) is 4. The van der Waals surface area contributed by atoms with E-state index in [-0.39, 0.29) is 30.8 Å². The fourth-order valence-corrected chi connectivity index (χ4v) is 3.78. The first-order valence-corrected chi connectivity index (χ1v) is 11.1. The molecule has 2 fully saturated rings. The topological polar surface area (TPSA) is 115 Å². The summed E-state index contributed by atoms with van der Waals surface area (Å²) in [7, 11) is 3.07. The second-order valence-corrected chi connectivity index (χ2v) is 8.23. The molecule has 1 aromatic rings. The maximum atomic E-state index is 15.0. The standard InChI is InChI=1S/C21H29FN4O7S/c1-23(21(34)31-2)19-10-26(20(30)33-19)14-3-4-17(16(22)9-14)24-5-7-25(8-6-24)18(29)13-32-12-15(28)11-27/h3-4,9,15,19,27-28H,5-8,10-13H2,1-2H3. The van der Waals surface area contributed by atoms with Gasteiger partial charge in [-0.15, -0.1) is 0 Å². The molecular formula is C21H29FN4O7S. The molecule has 2 unspecified atom stereocenters. The lowest BCUT2D eigenvalue weighted by Gasteiger charge is -2.36. The number of anilines is 2. The molecule has 0 radical (unpaired) electrons. The van der Waals surface area contributed by atoms with E-state index >= 15 is 0 Å². The number of aliphatic hydroxyl groups is 2. The Kier molecular flexibility index (Phi) is 8.83. The Morgan fingerprint density at radius 2 is 2.06 bits per heavy atom. The number of halogens is 1. The number of aliphatic hydroxyl groups excluding tert-OH is 2. The Morgan fingerprint density at radius 3 is 2.68 bits per heavy atom. The Bertz CT molecular complexity index is 900. The largest absolute Gasteiger partial charge is 0.474 e. The van der Waals surface area contributed by atoms with Crippen molar-refractivity contribution >= 4 is 40.8 Å². The third-order valence-corrected chi connectivity index (χ3v) is 6.11. The predicted molar refractivity (Wildman–Crippen MR) is 124 cm³/mol. The summed E-state index contributed by atoms with van der Waals surface area (Å²) in [5.41, 5.74) is 0.737. The molecule has 2 N–H and O–H groups in total. The smallest absolute Gasteiger partial charge is 0.416 e. The van der Waals surface area contributed by atoms with Crippen LogP contribution in [0.2, 0.25) is 0 Å². The molecule has 11 nitrogen and oxygen atoms in total. The summed E-state index contributed by atoms with van der Waals surface area (Å²) in [5, 5.41) is 18.2. The van der Waals surface area contributed by atoms with Gasteiger partial charge >= 0.3 is 6.09 Å². The number of piperazine rings is 1. The van der Waals surface area contributed by atoms with Gasteiger partial charge in [-0.25, -0.2) is 9.18 Å². The fourth-order valence-electron chi connectivity index (χ4n) is 3.67. The minimum absolute atomic E-state index is 0.125. The molecule has 0 bridgehead atoms. The average molecular weight is 501 g/mol. The molecule has 34 heavy (non-hydrogen) atoms. The number of methoxy groups -OCH3 is 1. The predicted octanol–water partition coefficient (Wildman–Crippen LogP) is -0.0101. The van der Waals surface area contributed by atoms with Gasteiger partial charge in [0, 0.05) is 33.2 Å². The number of amides is 2. The lowest BCUT2D eigenvalue weighted by atomic mass is 10.2. The lowest BCUT2D eigenvalue weighted by Crippen LogP contribution is -2.50. The van der Waals surface area contributed by atoms with Gasteiger partial charge < -0.3 is 34.2 Å². The minimum Gasteiger partial charge on any atom is -0.474 e. The molecular weight excluding hydrogens is 471 g/mol. The highest BCUT2D eigenvalue weighted by molar-refractivity contribution is 7.80. The van der Waals surface area contributed by atoms with Crippen LogP contribution in [0.15, 0.2) is 18.2 Å². The van der Waals surface area contributed by atoms with E-state index in [0.717, 1.165) is 0 Å². The molecule has 0 spiro atoms. The van der Waals surface area contributed by atoms with Crippen molar-refractivity contribution in [3.05, 3.63) is 24.0 Å². The van der Waals surface area contributed by atoms with Crippen LogP contribution in [-0.4, -0.2) is 116 Å². The molecule has 2 aliphatic rings. The summed E-state index contributed by atoms with van der Waals surface area (Å²) in [6.45, 7) is 1.03. The zero-order chi connectivity index (χ0) is 24.8. The maximum Gasteiger partial charge on any atom is 0.416 e. The van der Waals surface area contributed by atoms with Crippen LogP contribution in [0, 0.1) is 5.82 Å². The monoisotopic (exact) mass is 500 g/mol. The highest BCUT2D eigenvalue weighted by Gasteiger charge is 2.36. The van der Waals surface area contributed by atoms with Gasteiger partial charge in [0.25, 0.3) is 5.17 Å². The quantitative estimate of drug-likeness (QED) is 0.472.